The number of anilines is 3. The van der Waals surface area contributed by atoms with E-state index in [1.54, 1.807) is 24.3 Å². The first kappa shape index (κ1) is 12.5. The van der Waals surface area contributed by atoms with E-state index in [0.717, 1.165) is 0 Å². The maximum atomic E-state index is 12.0. The Balaban J connectivity index is 2.23. The zero-order valence-corrected chi connectivity index (χ0v) is 10.1. The summed E-state index contributed by atoms with van der Waals surface area (Å²) in [5, 5.41) is 2.63. The van der Waals surface area contributed by atoms with Gasteiger partial charge in [-0.3, -0.25) is 4.79 Å². The van der Waals surface area contributed by atoms with Crippen molar-refractivity contribution in [3.63, 3.8) is 0 Å². The number of benzene rings is 1. The lowest BCUT2D eigenvalue weighted by molar-refractivity contribution is 0.102. The van der Waals surface area contributed by atoms with E-state index in [1.165, 1.54) is 12.1 Å². The molecule has 5 nitrogen and oxygen atoms in total. The van der Waals surface area contributed by atoms with Crippen LogP contribution in [0, 0.1) is 12.3 Å². The first-order valence-electron chi connectivity index (χ1n) is 5.49. The van der Waals surface area contributed by atoms with E-state index in [4.69, 9.17) is 17.9 Å². The fourth-order valence-corrected chi connectivity index (χ4v) is 1.58. The molecule has 2 aromatic rings. The first-order chi connectivity index (χ1) is 9.08. The minimum atomic E-state index is -0.347. The van der Waals surface area contributed by atoms with Gasteiger partial charge in [0, 0.05) is 16.9 Å². The summed E-state index contributed by atoms with van der Waals surface area (Å²) in [5.41, 5.74) is 12.9. The standard InChI is InChI=1S/C14H12N4O/c1-2-12-4-3-5-13(17-12)18-14(19)9-6-10(15)8-11(16)7-9/h1,3-8H,15-16H2,(H,17,18,19). The third-order valence-corrected chi connectivity index (χ3v) is 2.38. The van der Waals surface area contributed by atoms with Gasteiger partial charge in [-0.15, -0.1) is 6.42 Å². The summed E-state index contributed by atoms with van der Waals surface area (Å²) in [4.78, 5) is 16.1. The van der Waals surface area contributed by atoms with E-state index in [0.29, 0.717) is 28.5 Å². The molecule has 1 heterocycles. The predicted molar refractivity (Wildman–Crippen MR) is 75.4 cm³/mol. The van der Waals surface area contributed by atoms with E-state index in [2.05, 4.69) is 16.2 Å². The monoisotopic (exact) mass is 252 g/mol. The van der Waals surface area contributed by atoms with Crippen LogP contribution < -0.4 is 16.8 Å². The van der Waals surface area contributed by atoms with Gasteiger partial charge in [-0.2, -0.15) is 0 Å². The lowest BCUT2D eigenvalue weighted by atomic mass is 10.1. The Morgan fingerprint density at radius 2 is 1.89 bits per heavy atom. The topological polar surface area (TPSA) is 94.0 Å². The van der Waals surface area contributed by atoms with Crippen LogP contribution in [0.4, 0.5) is 17.2 Å². The van der Waals surface area contributed by atoms with Crippen LogP contribution in [0.25, 0.3) is 0 Å². The van der Waals surface area contributed by atoms with Crippen LogP contribution in [-0.2, 0) is 0 Å². The van der Waals surface area contributed by atoms with Crippen molar-refractivity contribution in [3.05, 3.63) is 47.7 Å². The van der Waals surface area contributed by atoms with Crippen LogP contribution in [0.3, 0.4) is 0 Å². The summed E-state index contributed by atoms with van der Waals surface area (Å²) in [5.74, 6) is 2.43. The summed E-state index contributed by atoms with van der Waals surface area (Å²) in [6, 6.07) is 9.69. The number of amides is 1. The van der Waals surface area contributed by atoms with Gasteiger partial charge < -0.3 is 16.8 Å². The van der Waals surface area contributed by atoms with Crippen molar-refractivity contribution in [2.24, 2.45) is 0 Å². The molecule has 1 aromatic carbocycles. The normalized spacial score (nSPS) is 9.63. The fourth-order valence-electron chi connectivity index (χ4n) is 1.58. The van der Waals surface area contributed by atoms with Gasteiger partial charge in [0.15, 0.2) is 0 Å². The van der Waals surface area contributed by atoms with Gasteiger partial charge in [0.2, 0.25) is 0 Å². The third kappa shape index (κ3) is 3.01. The Kier molecular flexibility index (Phi) is 3.35. The van der Waals surface area contributed by atoms with Gasteiger partial charge >= 0.3 is 0 Å². The fraction of sp³-hybridized carbons (Fsp3) is 0. The van der Waals surface area contributed by atoms with Crippen molar-refractivity contribution in [2.45, 2.75) is 0 Å². The van der Waals surface area contributed by atoms with Crippen LogP contribution in [0.1, 0.15) is 16.1 Å². The summed E-state index contributed by atoms with van der Waals surface area (Å²) in [6.07, 6.45) is 5.24. The molecule has 0 aliphatic heterocycles. The number of aromatic nitrogens is 1. The first-order valence-corrected chi connectivity index (χ1v) is 5.49. The lowest BCUT2D eigenvalue weighted by Gasteiger charge is -2.06. The van der Waals surface area contributed by atoms with Gasteiger partial charge in [0.05, 0.1) is 0 Å². The molecular formula is C14H12N4O. The molecule has 0 radical (unpaired) electrons. The molecule has 94 valence electrons. The van der Waals surface area contributed by atoms with E-state index in [-0.39, 0.29) is 5.91 Å². The summed E-state index contributed by atoms with van der Waals surface area (Å²) >= 11 is 0. The van der Waals surface area contributed by atoms with E-state index in [9.17, 15) is 4.79 Å². The van der Waals surface area contributed by atoms with E-state index < -0.39 is 0 Å². The van der Waals surface area contributed by atoms with Gasteiger partial charge in [0.25, 0.3) is 5.91 Å². The number of carbonyl (C=O) groups is 1. The molecule has 0 spiro atoms. The molecule has 0 fully saturated rings. The van der Waals surface area contributed by atoms with Crippen molar-refractivity contribution >= 4 is 23.1 Å². The van der Waals surface area contributed by atoms with Crippen LogP contribution >= 0.6 is 0 Å². The molecule has 1 amide bonds. The Morgan fingerprint density at radius 1 is 1.21 bits per heavy atom. The second-order valence-electron chi connectivity index (χ2n) is 3.89. The maximum absolute atomic E-state index is 12.0. The third-order valence-electron chi connectivity index (χ3n) is 2.38. The Morgan fingerprint density at radius 3 is 2.53 bits per heavy atom. The Bertz CT molecular complexity index is 653. The number of hydrogen-bond acceptors (Lipinski definition) is 4. The second-order valence-corrected chi connectivity index (χ2v) is 3.89. The number of pyridine rings is 1. The molecule has 5 N–H and O–H groups in total. The zero-order valence-electron chi connectivity index (χ0n) is 10.1. The highest BCUT2D eigenvalue weighted by Gasteiger charge is 2.08. The zero-order chi connectivity index (χ0) is 13.8. The van der Waals surface area contributed by atoms with Crippen molar-refractivity contribution in [1.29, 1.82) is 0 Å². The minimum absolute atomic E-state index is 0.347. The van der Waals surface area contributed by atoms with Crippen molar-refractivity contribution in [1.82, 2.24) is 4.98 Å². The van der Waals surface area contributed by atoms with Crippen molar-refractivity contribution < 1.29 is 4.79 Å². The highest BCUT2D eigenvalue weighted by Crippen LogP contribution is 2.15. The predicted octanol–water partition coefficient (Wildman–Crippen LogP) is 1.48. The highest BCUT2D eigenvalue weighted by molar-refractivity contribution is 6.04. The highest BCUT2D eigenvalue weighted by atomic mass is 16.1. The smallest absolute Gasteiger partial charge is 0.256 e. The number of nitrogen functional groups attached to an aromatic ring is 2. The number of hydrogen-bond donors (Lipinski definition) is 3. The molecule has 2 rings (SSSR count). The average molecular weight is 252 g/mol. The average Bonchev–Trinajstić information content (AvgIpc) is 2.37. The molecule has 0 aliphatic carbocycles. The van der Waals surface area contributed by atoms with E-state index >= 15 is 0 Å². The molecule has 0 unspecified atom stereocenters. The second kappa shape index (κ2) is 5.10. The number of terminal acetylenes is 1. The molecular weight excluding hydrogens is 240 g/mol. The molecule has 0 saturated heterocycles. The molecule has 19 heavy (non-hydrogen) atoms. The van der Waals surface area contributed by atoms with Crippen molar-refractivity contribution in [3.8, 4) is 12.3 Å². The molecule has 1 aromatic heterocycles. The molecule has 0 bridgehead atoms. The summed E-state index contributed by atoms with van der Waals surface area (Å²) in [7, 11) is 0. The Labute approximate surface area is 110 Å². The number of carbonyl (C=O) groups excluding carboxylic acids is 1. The van der Waals surface area contributed by atoms with Gasteiger partial charge in [-0.05, 0) is 30.3 Å². The maximum Gasteiger partial charge on any atom is 0.256 e. The molecule has 0 aliphatic rings. The number of nitrogens with two attached hydrogens (primary N) is 2. The quantitative estimate of drug-likeness (QED) is 0.557. The molecule has 0 saturated carbocycles. The number of rotatable bonds is 2. The SMILES string of the molecule is C#Cc1cccc(NC(=O)c2cc(N)cc(N)c2)n1. The van der Waals surface area contributed by atoms with Crippen molar-refractivity contribution in [2.75, 3.05) is 16.8 Å². The van der Waals surface area contributed by atoms with Gasteiger partial charge in [-0.1, -0.05) is 12.0 Å². The molecule has 0 atom stereocenters. The van der Waals surface area contributed by atoms with Crippen LogP contribution in [0.2, 0.25) is 0 Å². The van der Waals surface area contributed by atoms with E-state index in [1.807, 2.05) is 0 Å². The largest absolute Gasteiger partial charge is 0.399 e. The van der Waals surface area contributed by atoms with Gasteiger partial charge in [-0.25, -0.2) is 4.98 Å². The number of nitrogens with zero attached hydrogens (tertiary/aromatic N) is 1. The summed E-state index contributed by atoms with van der Waals surface area (Å²) in [6.45, 7) is 0. The Hall–Kier alpha value is -3.00. The minimum Gasteiger partial charge on any atom is -0.399 e. The van der Waals surface area contributed by atoms with Gasteiger partial charge in [0.1, 0.15) is 11.5 Å². The van der Waals surface area contributed by atoms with Crippen LogP contribution in [0.5, 0.6) is 0 Å². The lowest BCUT2D eigenvalue weighted by Crippen LogP contribution is -2.14. The summed E-state index contributed by atoms with van der Waals surface area (Å²) < 4.78 is 0. The van der Waals surface area contributed by atoms with Crippen LogP contribution in [-0.4, -0.2) is 10.9 Å². The molecule has 5 heteroatoms. The van der Waals surface area contributed by atoms with Crippen LogP contribution in [0.15, 0.2) is 36.4 Å². The number of nitrogens with one attached hydrogen (secondary N) is 1.